The monoisotopic (exact) mass is 480 g/mol. The van der Waals surface area contributed by atoms with Gasteiger partial charge in [-0.25, -0.2) is 4.98 Å². The van der Waals surface area contributed by atoms with Gasteiger partial charge < -0.3 is 19.4 Å². The molecule has 0 unspecified atom stereocenters. The number of anilines is 1. The van der Waals surface area contributed by atoms with E-state index in [0.29, 0.717) is 22.9 Å². The van der Waals surface area contributed by atoms with Crippen LogP contribution in [0.2, 0.25) is 0 Å². The van der Waals surface area contributed by atoms with E-state index in [2.05, 4.69) is 16.4 Å². The molecule has 0 fully saturated rings. The third-order valence-electron chi connectivity index (χ3n) is 5.95. The van der Waals surface area contributed by atoms with E-state index in [-0.39, 0.29) is 12.5 Å². The van der Waals surface area contributed by atoms with Crippen LogP contribution in [0.5, 0.6) is 11.5 Å². The van der Waals surface area contributed by atoms with Crippen molar-refractivity contribution in [2.45, 2.75) is 20.8 Å². The standard InChI is InChI=1S/C29H28N4O3/c1-18-12-19(2)28(20(3)13-18)32-27(34)17-36-25-11-10-21(15-26(25)35-5)14-22(16-30)29-31-23-8-6-7-9-24(23)33(29)4/h6-15H,17H2,1-5H3,(H,32,34)/b22-14+. The molecule has 1 heterocycles. The van der Waals surface area contributed by atoms with Gasteiger partial charge in [-0.1, -0.05) is 35.9 Å². The van der Waals surface area contributed by atoms with Crippen LogP contribution in [-0.4, -0.2) is 29.2 Å². The summed E-state index contributed by atoms with van der Waals surface area (Å²) in [6.07, 6.45) is 1.75. The fraction of sp³-hybridized carbons (Fsp3) is 0.207. The Morgan fingerprint density at radius 1 is 1.08 bits per heavy atom. The molecule has 0 radical (unpaired) electrons. The third-order valence-corrected chi connectivity index (χ3v) is 5.95. The van der Waals surface area contributed by atoms with Crippen molar-refractivity contribution in [3.8, 4) is 17.6 Å². The number of aryl methyl sites for hydroxylation is 4. The van der Waals surface area contributed by atoms with Gasteiger partial charge in [-0.2, -0.15) is 5.26 Å². The lowest BCUT2D eigenvalue weighted by Gasteiger charge is -2.14. The van der Waals surface area contributed by atoms with Crippen molar-refractivity contribution < 1.29 is 14.3 Å². The first-order valence-electron chi connectivity index (χ1n) is 11.5. The topological polar surface area (TPSA) is 89.2 Å². The van der Waals surface area contributed by atoms with E-state index in [1.54, 1.807) is 18.2 Å². The third kappa shape index (κ3) is 5.08. The molecule has 3 aromatic carbocycles. The number of fused-ring (bicyclic) bond motifs is 1. The van der Waals surface area contributed by atoms with Gasteiger partial charge in [-0.05, 0) is 67.8 Å². The number of nitrogens with zero attached hydrogens (tertiary/aromatic N) is 3. The predicted molar refractivity (Wildman–Crippen MR) is 142 cm³/mol. The van der Waals surface area contributed by atoms with Crippen LogP contribution in [0.25, 0.3) is 22.7 Å². The molecule has 0 saturated carbocycles. The van der Waals surface area contributed by atoms with Crippen LogP contribution in [-0.2, 0) is 11.8 Å². The molecule has 7 heteroatoms. The number of nitriles is 1. The Bertz CT molecular complexity index is 1500. The Balaban J connectivity index is 1.52. The minimum atomic E-state index is -0.260. The van der Waals surface area contributed by atoms with Gasteiger partial charge in [0.1, 0.15) is 6.07 Å². The van der Waals surface area contributed by atoms with Crippen molar-refractivity contribution in [3.63, 3.8) is 0 Å². The number of para-hydroxylation sites is 2. The van der Waals surface area contributed by atoms with E-state index in [0.717, 1.165) is 39.0 Å². The zero-order valence-corrected chi connectivity index (χ0v) is 21.0. The van der Waals surface area contributed by atoms with Gasteiger partial charge in [0.05, 0.1) is 23.7 Å². The van der Waals surface area contributed by atoms with E-state index in [1.165, 1.54) is 7.11 Å². The highest BCUT2D eigenvalue weighted by Crippen LogP contribution is 2.30. The number of carbonyl (C=O) groups excluding carboxylic acids is 1. The molecule has 0 atom stereocenters. The number of allylic oxidation sites excluding steroid dienone is 1. The maximum absolute atomic E-state index is 12.6. The summed E-state index contributed by atoms with van der Waals surface area (Å²) in [7, 11) is 3.42. The Hall–Kier alpha value is -4.57. The maximum Gasteiger partial charge on any atom is 0.262 e. The minimum absolute atomic E-state index is 0.165. The number of hydrogen-bond acceptors (Lipinski definition) is 5. The summed E-state index contributed by atoms with van der Waals surface area (Å²) in [5.41, 5.74) is 6.90. The molecule has 4 rings (SSSR count). The van der Waals surface area contributed by atoms with Crippen molar-refractivity contribution in [3.05, 3.63) is 82.7 Å². The molecule has 0 aliphatic heterocycles. The molecule has 4 aromatic rings. The summed E-state index contributed by atoms with van der Waals surface area (Å²) in [5.74, 6) is 1.21. The summed E-state index contributed by atoms with van der Waals surface area (Å²) in [5, 5.41) is 12.8. The van der Waals surface area contributed by atoms with Gasteiger partial charge in [0.2, 0.25) is 0 Å². The van der Waals surface area contributed by atoms with Crippen LogP contribution >= 0.6 is 0 Å². The predicted octanol–water partition coefficient (Wildman–Crippen LogP) is 5.59. The molecule has 0 saturated heterocycles. The van der Waals surface area contributed by atoms with E-state index >= 15 is 0 Å². The number of amides is 1. The number of imidazole rings is 1. The number of aromatic nitrogens is 2. The molecule has 1 aromatic heterocycles. The zero-order chi connectivity index (χ0) is 25.8. The van der Waals surface area contributed by atoms with Crippen LogP contribution in [0.3, 0.4) is 0 Å². The van der Waals surface area contributed by atoms with Gasteiger partial charge in [-0.15, -0.1) is 0 Å². The zero-order valence-electron chi connectivity index (χ0n) is 21.0. The molecule has 7 nitrogen and oxygen atoms in total. The fourth-order valence-electron chi connectivity index (χ4n) is 4.29. The molecule has 0 aliphatic rings. The highest BCUT2D eigenvalue weighted by atomic mass is 16.5. The Labute approximate surface area is 210 Å². The quantitative estimate of drug-likeness (QED) is 0.348. The largest absolute Gasteiger partial charge is 0.493 e. The smallest absolute Gasteiger partial charge is 0.262 e. The highest BCUT2D eigenvalue weighted by Gasteiger charge is 2.14. The van der Waals surface area contributed by atoms with Crippen LogP contribution in [0, 0.1) is 32.1 Å². The molecule has 1 N–H and O–H groups in total. The fourth-order valence-corrected chi connectivity index (χ4v) is 4.29. The van der Waals surface area contributed by atoms with Gasteiger partial charge >= 0.3 is 0 Å². The van der Waals surface area contributed by atoms with Crippen LogP contribution in [0.4, 0.5) is 5.69 Å². The number of carbonyl (C=O) groups is 1. The van der Waals surface area contributed by atoms with Gasteiger partial charge in [0.15, 0.2) is 23.9 Å². The molecule has 1 amide bonds. The second-order valence-corrected chi connectivity index (χ2v) is 8.67. The first-order chi connectivity index (χ1) is 17.3. The summed E-state index contributed by atoms with van der Waals surface area (Å²) in [6, 6.07) is 19.4. The maximum atomic E-state index is 12.6. The molecular formula is C29H28N4O3. The molecule has 0 bridgehead atoms. The number of nitrogens with one attached hydrogen (secondary N) is 1. The Morgan fingerprint density at radius 3 is 2.47 bits per heavy atom. The van der Waals surface area contributed by atoms with E-state index in [1.807, 2.05) is 74.9 Å². The van der Waals surface area contributed by atoms with E-state index in [9.17, 15) is 10.1 Å². The normalized spacial score (nSPS) is 11.3. The molecule has 0 aliphatic carbocycles. The first kappa shape index (κ1) is 24.6. The van der Waals surface area contributed by atoms with Crippen molar-refractivity contribution in [2.75, 3.05) is 19.0 Å². The summed E-state index contributed by atoms with van der Waals surface area (Å²) >= 11 is 0. The molecule has 36 heavy (non-hydrogen) atoms. The van der Waals surface area contributed by atoms with Crippen LogP contribution < -0.4 is 14.8 Å². The second-order valence-electron chi connectivity index (χ2n) is 8.67. The lowest BCUT2D eigenvalue weighted by atomic mass is 10.1. The summed E-state index contributed by atoms with van der Waals surface area (Å²) in [4.78, 5) is 17.2. The van der Waals surface area contributed by atoms with Gasteiger partial charge in [0, 0.05) is 12.7 Å². The lowest BCUT2D eigenvalue weighted by molar-refractivity contribution is -0.118. The van der Waals surface area contributed by atoms with Crippen molar-refractivity contribution >= 4 is 34.3 Å². The van der Waals surface area contributed by atoms with Crippen LogP contribution in [0.15, 0.2) is 54.6 Å². The average Bonchev–Trinajstić information content (AvgIpc) is 3.20. The highest BCUT2D eigenvalue weighted by molar-refractivity contribution is 5.94. The van der Waals surface area contributed by atoms with Crippen molar-refractivity contribution in [1.29, 1.82) is 5.26 Å². The average molecular weight is 481 g/mol. The van der Waals surface area contributed by atoms with Crippen LogP contribution in [0.1, 0.15) is 28.1 Å². The van der Waals surface area contributed by atoms with Crippen molar-refractivity contribution in [2.24, 2.45) is 7.05 Å². The van der Waals surface area contributed by atoms with Gasteiger partial charge in [-0.3, -0.25) is 4.79 Å². The number of benzene rings is 3. The minimum Gasteiger partial charge on any atom is -0.493 e. The second kappa shape index (κ2) is 10.4. The molecule has 0 spiro atoms. The van der Waals surface area contributed by atoms with E-state index < -0.39 is 0 Å². The summed E-state index contributed by atoms with van der Waals surface area (Å²) in [6.45, 7) is 5.79. The summed E-state index contributed by atoms with van der Waals surface area (Å²) < 4.78 is 13.1. The van der Waals surface area contributed by atoms with Gasteiger partial charge in [0.25, 0.3) is 5.91 Å². The van der Waals surface area contributed by atoms with E-state index in [4.69, 9.17) is 9.47 Å². The first-order valence-corrected chi connectivity index (χ1v) is 11.5. The number of hydrogen-bond donors (Lipinski definition) is 1. The number of ether oxygens (including phenoxy) is 2. The number of rotatable bonds is 7. The SMILES string of the molecule is COc1cc(/C=C(\C#N)c2nc3ccccc3n2C)ccc1OCC(=O)Nc1c(C)cc(C)cc1C. The Kier molecular flexibility index (Phi) is 7.07. The Morgan fingerprint density at radius 2 is 1.81 bits per heavy atom. The molecular weight excluding hydrogens is 452 g/mol. The lowest BCUT2D eigenvalue weighted by Crippen LogP contribution is -2.21. The molecule has 182 valence electrons. The van der Waals surface area contributed by atoms with Crippen molar-refractivity contribution in [1.82, 2.24) is 9.55 Å². The number of methoxy groups -OCH3 is 1.